The van der Waals surface area contributed by atoms with Crippen molar-refractivity contribution in [3.8, 4) is 0 Å². The number of unbranched alkanes of at least 4 members (excludes halogenated alkanes) is 1. The van der Waals surface area contributed by atoms with Gasteiger partial charge < -0.3 is 15.4 Å². The molecule has 0 aromatic rings. The van der Waals surface area contributed by atoms with E-state index in [9.17, 15) is 13.2 Å². The van der Waals surface area contributed by atoms with Crippen molar-refractivity contribution in [1.29, 1.82) is 0 Å². The number of nitrogens with one attached hydrogen (secondary N) is 2. The molecule has 128 valence electrons. The van der Waals surface area contributed by atoms with Crippen LogP contribution in [-0.4, -0.2) is 57.5 Å². The molecule has 21 heavy (non-hydrogen) atoms. The highest BCUT2D eigenvalue weighted by Gasteiger charge is 2.27. The second-order valence-corrected chi connectivity index (χ2v) is 5.13. The van der Waals surface area contributed by atoms with Gasteiger partial charge in [0, 0.05) is 26.7 Å². The van der Waals surface area contributed by atoms with Gasteiger partial charge in [-0.25, -0.2) is 0 Å². The number of hydrogen-bond donors (Lipinski definition) is 2. The molecule has 0 bridgehead atoms. The predicted octanol–water partition coefficient (Wildman–Crippen LogP) is 2.88. The Labute approximate surface area is 146 Å². The van der Waals surface area contributed by atoms with Crippen molar-refractivity contribution in [1.82, 2.24) is 10.6 Å². The van der Waals surface area contributed by atoms with E-state index in [2.05, 4.69) is 26.6 Å². The van der Waals surface area contributed by atoms with Crippen LogP contribution in [0, 0.1) is 0 Å². The lowest BCUT2D eigenvalue weighted by Gasteiger charge is -2.12. The second-order valence-electron chi connectivity index (χ2n) is 4.15. The van der Waals surface area contributed by atoms with E-state index in [1.54, 1.807) is 7.05 Å². The van der Waals surface area contributed by atoms with Gasteiger partial charge in [0.05, 0.1) is 0 Å². The maximum atomic E-state index is 11.8. The van der Waals surface area contributed by atoms with Crippen LogP contribution >= 0.6 is 35.7 Å². The van der Waals surface area contributed by atoms with Gasteiger partial charge in [-0.2, -0.15) is 24.9 Å². The number of guanidine groups is 1. The van der Waals surface area contributed by atoms with E-state index in [0.717, 1.165) is 25.1 Å². The van der Waals surface area contributed by atoms with E-state index in [1.165, 1.54) is 0 Å². The molecule has 0 saturated heterocycles. The molecular formula is C12H25F3IN3OS. The second kappa shape index (κ2) is 15.0. The average Bonchev–Trinajstić information content (AvgIpc) is 2.38. The van der Waals surface area contributed by atoms with Crippen molar-refractivity contribution in [2.24, 2.45) is 4.99 Å². The Hall–Kier alpha value is 0.1000. The van der Waals surface area contributed by atoms with Crippen LogP contribution in [0.2, 0.25) is 0 Å². The van der Waals surface area contributed by atoms with Crippen molar-refractivity contribution in [2.75, 3.05) is 45.4 Å². The van der Waals surface area contributed by atoms with Crippen LogP contribution in [0.15, 0.2) is 4.99 Å². The molecule has 0 heterocycles. The first-order valence-corrected chi connectivity index (χ1v) is 7.97. The number of halogens is 4. The van der Waals surface area contributed by atoms with Crippen molar-refractivity contribution < 1.29 is 17.9 Å². The van der Waals surface area contributed by atoms with E-state index < -0.39 is 12.8 Å². The first-order valence-electron chi connectivity index (χ1n) is 6.57. The minimum atomic E-state index is -4.25. The lowest BCUT2D eigenvalue weighted by molar-refractivity contribution is -0.173. The van der Waals surface area contributed by atoms with Gasteiger partial charge in [0.2, 0.25) is 0 Å². The monoisotopic (exact) mass is 443 g/mol. The summed E-state index contributed by atoms with van der Waals surface area (Å²) < 4.78 is 39.9. The summed E-state index contributed by atoms with van der Waals surface area (Å²) in [5.74, 6) is 1.81. The van der Waals surface area contributed by atoms with Crippen molar-refractivity contribution in [2.45, 2.75) is 25.4 Å². The van der Waals surface area contributed by atoms with Gasteiger partial charge in [-0.1, -0.05) is 0 Å². The minimum absolute atomic E-state index is 0. The highest BCUT2D eigenvalue weighted by molar-refractivity contribution is 14.0. The first-order chi connectivity index (χ1) is 9.49. The summed E-state index contributed by atoms with van der Waals surface area (Å²) in [5.41, 5.74) is 0. The smallest absolute Gasteiger partial charge is 0.372 e. The summed E-state index contributed by atoms with van der Waals surface area (Å²) in [5, 5.41) is 6.18. The van der Waals surface area contributed by atoms with Gasteiger partial charge >= 0.3 is 6.18 Å². The van der Waals surface area contributed by atoms with Crippen molar-refractivity contribution >= 4 is 41.7 Å². The number of ether oxygens (including phenoxy) is 1. The Morgan fingerprint density at radius 3 is 2.29 bits per heavy atom. The number of rotatable bonds is 10. The Morgan fingerprint density at radius 1 is 1.14 bits per heavy atom. The quantitative estimate of drug-likeness (QED) is 0.236. The van der Waals surface area contributed by atoms with Gasteiger partial charge in [-0.05, 0) is 31.3 Å². The lowest BCUT2D eigenvalue weighted by Crippen LogP contribution is -2.38. The molecule has 0 rings (SSSR count). The number of hydrogen-bond acceptors (Lipinski definition) is 3. The molecule has 0 aliphatic carbocycles. The number of thioether (sulfide) groups is 1. The minimum Gasteiger partial charge on any atom is -0.372 e. The molecule has 0 saturated carbocycles. The fourth-order valence-electron chi connectivity index (χ4n) is 1.37. The molecule has 0 amide bonds. The largest absolute Gasteiger partial charge is 0.411 e. The summed E-state index contributed by atoms with van der Waals surface area (Å²) in [6.45, 7) is 0.264. The standard InChI is InChI=1S/C12H24F3N3OS.HI/c1-16-11(17-6-3-4-9-20-2)18-7-5-8-19-10-12(13,14)15;/h3-10H2,1-2H3,(H2,16,17,18);1H. The Morgan fingerprint density at radius 2 is 1.76 bits per heavy atom. The van der Waals surface area contributed by atoms with Gasteiger partial charge in [0.15, 0.2) is 5.96 Å². The summed E-state index contributed by atoms with van der Waals surface area (Å²) in [4.78, 5) is 4.03. The highest BCUT2D eigenvalue weighted by Crippen LogP contribution is 2.14. The van der Waals surface area contributed by atoms with E-state index in [4.69, 9.17) is 0 Å². The number of aliphatic imine (C=N–C) groups is 1. The highest BCUT2D eigenvalue weighted by atomic mass is 127. The van der Waals surface area contributed by atoms with Gasteiger partial charge in [-0.15, -0.1) is 24.0 Å². The molecule has 0 atom stereocenters. The summed E-state index contributed by atoms with van der Waals surface area (Å²) in [7, 11) is 1.66. The zero-order valence-electron chi connectivity index (χ0n) is 12.5. The molecular weight excluding hydrogens is 418 g/mol. The third-order valence-electron chi connectivity index (χ3n) is 2.31. The molecule has 0 aromatic carbocycles. The van der Waals surface area contributed by atoms with Crippen LogP contribution in [-0.2, 0) is 4.74 Å². The number of nitrogens with zero attached hydrogens (tertiary/aromatic N) is 1. The Kier molecular flexibility index (Phi) is 16.7. The SMILES string of the molecule is CN=C(NCCCCSC)NCCCOCC(F)(F)F.I. The normalized spacial score (nSPS) is 12.0. The number of alkyl halides is 3. The maximum absolute atomic E-state index is 11.8. The zero-order chi connectivity index (χ0) is 15.3. The predicted molar refractivity (Wildman–Crippen MR) is 93.9 cm³/mol. The molecule has 9 heteroatoms. The molecule has 0 radical (unpaired) electrons. The van der Waals surface area contributed by atoms with E-state index in [-0.39, 0.29) is 30.6 Å². The first kappa shape index (κ1) is 23.4. The molecule has 0 aliphatic rings. The van der Waals surface area contributed by atoms with Crippen LogP contribution < -0.4 is 10.6 Å². The fourth-order valence-corrected chi connectivity index (χ4v) is 1.86. The van der Waals surface area contributed by atoms with Crippen LogP contribution in [0.4, 0.5) is 13.2 Å². The third kappa shape index (κ3) is 18.1. The van der Waals surface area contributed by atoms with Gasteiger partial charge in [0.25, 0.3) is 0 Å². The summed E-state index contributed by atoms with van der Waals surface area (Å²) >= 11 is 1.82. The van der Waals surface area contributed by atoms with Crippen molar-refractivity contribution in [3.63, 3.8) is 0 Å². The molecule has 0 spiro atoms. The average molecular weight is 443 g/mol. The van der Waals surface area contributed by atoms with E-state index in [1.807, 2.05) is 11.8 Å². The zero-order valence-corrected chi connectivity index (χ0v) is 15.6. The maximum Gasteiger partial charge on any atom is 0.411 e. The Bertz CT molecular complexity index is 269. The Balaban J connectivity index is 0. The van der Waals surface area contributed by atoms with Crippen LogP contribution in [0.25, 0.3) is 0 Å². The third-order valence-corrected chi connectivity index (χ3v) is 3.01. The lowest BCUT2D eigenvalue weighted by atomic mass is 10.3. The van der Waals surface area contributed by atoms with Gasteiger partial charge in [-0.3, -0.25) is 4.99 Å². The topological polar surface area (TPSA) is 45.7 Å². The fraction of sp³-hybridized carbons (Fsp3) is 0.917. The van der Waals surface area contributed by atoms with Crippen molar-refractivity contribution in [3.05, 3.63) is 0 Å². The van der Waals surface area contributed by atoms with E-state index in [0.29, 0.717) is 18.9 Å². The molecule has 0 aliphatic heterocycles. The molecule has 0 unspecified atom stereocenters. The molecule has 2 N–H and O–H groups in total. The molecule has 0 fully saturated rings. The molecule has 4 nitrogen and oxygen atoms in total. The molecule has 0 aromatic heterocycles. The summed E-state index contributed by atoms with van der Waals surface area (Å²) in [6, 6.07) is 0. The summed E-state index contributed by atoms with van der Waals surface area (Å²) in [6.07, 6.45) is 0.548. The van der Waals surface area contributed by atoms with Gasteiger partial charge in [0.1, 0.15) is 6.61 Å². The van der Waals surface area contributed by atoms with Crippen LogP contribution in [0.3, 0.4) is 0 Å². The van der Waals surface area contributed by atoms with Crippen LogP contribution in [0.1, 0.15) is 19.3 Å². The van der Waals surface area contributed by atoms with E-state index >= 15 is 0 Å². The van der Waals surface area contributed by atoms with Crippen LogP contribution in [0.5, 0.6) is 0 Å².